The minimum absolute atomic E-state index is 0.320. The molecule has 0 radical (unpaired) electrons. The van der Waals surface area contributed by atoms with Crippen LogP contribution in [0.25, 0.3) is 34.8 Å². The van der Waals surface area contributed by atoms with Crippen LogP contribution in [0.2, 0.25) is 0 Å². The van der Waals surface area contributed by atoms with E-state index in [9.17, 15) is 0 Å². The number of fused-ring (bicyclic) bond motifs is 1. The second kappa shape index (κ2) is 7.48. The van der Waals surface area contributed by atoms with E-state index in [0.717, 1.165) is 16.5 Å². The number of nitrogens with zero attached hydrogens (tertiary/aromatic N) is 2. The van der Waals surface area contributed by atoms with Gasteiger partial charge in [-0.3, -0.25) is 0 Å². The summed E-state index contributed by atoms with van der Waals surface area (Å²) in [6.07, 6.45) is 3.53. The Bertz CT molecular complexity index is 1080. The number of furan rings is 1. The molecule has 0 amide bonds. The summed E-state index contributed by atoms with van der Waals surface area (Å²) in [7, 11) is 4.71. The second-order valence-corrected chi connectivity index (χ2v) is 5.89. The van der Waals surface area contributed by atoms with Crippen LogP contribution < -0.4 is 14.2 Å². The van der Waals surface area contributed by atoms with Gasteiger partial charge < -0.3 is 23.0 Å². The summed E-state index contributed by atoms with van der Waals surface area (Å²) in [6, 6.07) is 13.2. The number of rotatable bonds is 6. The number of hydrogen-bond acceptors (Lipinski definition) is 7. The molecule has 2 heterocycles. The zero-order valence-electron chi connectivity index (χ0n) is 15.6. The number of benzene rings is 2. The number of ether oxygens (including phenoxy) is 3. The van der Waals surface area contributed by atoms with Crippen LogP contribution in [0.15, 0.2) is 51.3 Å². The first-order valence-corrected chi connectivity index (χ1v) is 8.52. The number of hydrogen-bond donors (Lipinski definition) is 0. The first-order chi connectivity index (χ1) is 13.7. The summed E-state index contributed by atoms with van der Waals surface area (Å²) < 4.78 is 27.5. The van der Waals surface area contributed by atoms with Crippen molar-refractivity contribution in [3.63, 3.8) is 0 Å². The Hall–Kier alpha value is -3.74. The summed E-state index contributed by atoms with van der Waals surface area (Å²) in [6.45, 7) is 0. The van der Waals surface area contributed by atoms with Gasteiger partial charge >= 0.3 is 0 Å². The summed E-state index contributed by atoms with van der Waals surface area (Å²) in [5, 5.41) is 9.08. The Kier molecular flexibility index (Phi) is 4.72. The Labute approximate surface area is 161 Å². The van der Waals surface area contributed by atoms with Crippen molar-refractivity contribution < 1.29 is 23.0 Å². The van der Waals surface area contributed by atoms with Crippen LogP contribution in [-0.4, -0.2) is 31.5 Å². The standard InChI is InChI=1S/C21H18N2O5/c1-24-16-10-13(11-17(25-2)20(16)26-3)8-9-19-22-23-21(28-19)18-12-14-6-4-5-7-15(14)27-18/h4-12H,1-3H3/b9-8+. The number of aromatic nitrogens is 2. The topological polar surface area (TPSA) is 79.8 Å². The molecule has 0 unspecified atom stereocenters. The zero-order chi connectivity index (χ0) is 19.5. The SMILES string of the molecule is COc1cc(/C=C/c2nnc(-c3cc4ccccc4o3)o2)cc(OC)c1OC. The molecule has 0 aliphatic carbocycles. The van der Waals surface area contributed by atoms with E-state index in [1.807, 2.05) is 48.5 Å². The lowest BCUT2D eigenvalue weighted by Gasteiger charge is -2.12. The van der Waals surface area contributed by atoms with Crippen molar-refractivity contribution in [2.75, 3.05) is 21.3 Å². The van der Waals surface area contributed by atoms with Crippen molar-refractivity contribution in [3.05, 3.63) is 53.9 Å². The average molecular weight is 378 g/mol. The van der Waals surface area contributed by atoms with Crippen molar-refractivity contribution in [2.24, 2.45) is 0 Å². The highest BCUT2D eigenvalue weighted by Crippen LogP contribution is 2.38. The molecule has 7 nitrogen and oxygen atoms in total. The van der Waals surface area contributed by atoms with E-state index in [1.54, 1.807) is 27.4 Å². The smallest absolute Gasteiger partial charge is 0.283 e. The molecule has 0 saturated heterocycles. The zero-order valence-corrected chi connectivity index (χ0v) is 15.6. The molecule has 7 heteroatoms. The molecular weight excluding hydrogens is 360 g/mol. The third-order valence-electron chi connectivity index (χ3n) is 4.18. The predicted octanol–water partition coefficient (Wildman–Crippen LogP) is 4.68. The van der Waals surface area contributed by atoms with E-state index in [0.29, 0.717) is 34.8 Å². The van der Waals surface area contributed by atoms with Crippen LogP contribution in [0.5, 0.6) is 17.2 Å². The molecule has 2 aromatic heterocycles. The van der Waals surface area contributed by atoms with E-state index >= 15 is 0 Å². The number of para-hydroxylation sites is 1. The van der Waals surface area contributed by atoms with E-state index in [-0.39, 0.29) is 0 Å². The molecule has 28 heavy (non-hydrogen) atoms. The minimum atomic E-state index is 0.320. The maximum absolute atomic E-state index is 5.75. The van der Waals surface area contributed by atoms with E-state index in [4.69, 9.17) is 23.0 Å². The summed E-state index contributed by atoms with van der Waals surface area (Å²) in [5.74, 6) is 2.86. The van der Waals surface area contributed by atoms with Crippen LogP contribution in [0.1, 0.15) is 11.5 Å². The largest absolute Gasteiger partial charge is 0.493 e. The first-order valence-electron chi connectivity index (χ1n) is 8.52. The van der Waals surface area contributed by atoms with Crippen molar-refractivity contribution in [1.82, 2.24) is 10.2 Å². The van der Waals surface area contributed by atoms with Crippen LogP contribution in [-0.2, 0) is 0 Å². The van der Waals surface area contributed by atoms with Crippen LogP contribution in [0.4, 0.5) is 0 Å². The summed E-state index contributed by atoms with van der Waals surface area (Å²) in [5.41, 5.74) is 1.60. The van der Waals surface area contributed by atoms with Crippen LogP contribution in [0.3, 0.4) is 0 Å². The highest BCUT2D eigenvalue weighted by atomic mass is 16.5. The van der Waals surface area contributed by atoms with Gasteiger partial charge in [0.1, 0.15) is 5.58 Å². The fourth-order valence-corrected chi connectivity index (χ4v) is 2.85. The van der Waals surface area contributed by atoms with Gasteiger partial charge in [-0.1, -0.05) is 18.2 Å². The fourth-order valence-electron chi connectivity index (χ4n) is 2.85. The molecule has 0 saturated carbocycles. The van der Waals surface area contributed by atoms with E-state index in [2.05, 4.69) is 10.2 Å². The van der Waals surface area contributed by atoms with Crippen LogP contribution in [0, 0.1) is 0 Å². The molecule has 0 aliphatic heterocycles. The third-order valence-corrected chi connectivity index (χ3v) is 4.18. The molecule has 4 rings (SSSR count). The van der Waals surface area contributed by atoms with Gasteiger partial charge in [-0.15, -0.1) is 10.2 Å². The third kappa shape index (κ3) is 3.29. The molecule has 0 bridgehead atoms. The Balaban J connectivity index is 1.61. The molecular formula is C21H18N2O5. The first kappa shape index (κ1) is 17.7. The maximum Gasteiger partial charge on any atom is 0.283 e. The van der Waals surface area contributed by atoms with Gasteiger partial charge in [-0.05, 0) is 35.9 Å². The predicted molar refractivity (Wildman–Crippen MR) is 105 cm³/mol. The minimum Gasteiger partial charge on any atom is -0.493 e. The van der Waals surface area contributed by atoms with Gasteiger partial charge in [0.15, 0.2) is 17.3 Å². The molecule has 0 aliphatic rings. The van der Waals surface area contributed by atoms with Gasteiger partial charge in [-0.2, -0.15) is 0 Å². The highest BCUT2D eigenvalue weighted by Gasteiger charge is 2.14. The van der Waals surface area contributed by atoms with Crippen LogP contribution >= 0.6 is 0 Å². The Morgan fingerprint density at radius 2 is 1.57 bits per heavy atom. The molecule has 0 spiro atoms. The summed E-state index contributed by atoms with van der Waals surface area (Å²) >= 11 is 0. The van der Waals surface area contributed by atoms with Gasteiger partial charge in [0.2, 0.25) is 11.6 Å². The van der Waals surface area contributed by atoms with Gasteiger partial charge in [0.25, 0.3) is 5.89 Å². The second-order valence-electron chi connectivity index (χ2n) is 5.89. The average Bonchev–Trinajstić information content (AvgIpc) is 3.37. The molecule has 4 aromatic rings. The fraction of sp³-hybridized carbons (Fsp3) is 0.143. The van der Waals surface area contributed by atoms with Crippen molar-refractivity contribution in [2.45, 2.75) is 0 Å². The molecule has 0 fully saturated rings. The van der Waals surface area contributed by atoms with Gasteiger partial charge in [-0.25, -0.2) is 0 Å². The molecule has 2 aromatic carbocycles. The lowest BCUT2D eigenvalue weighted by atomic mass is 10.1. The molecule has 142 valence electrons. The van der Waals surface area contributed by atoms with Gasteiger partial charge in [0.05, 0.1) is 21.3 Å². The van der Waals surface area contributed by atoms with Gasteiger partial charge in [0, 0.05) is 11.5 Å². The lowest BCUT2D eigenvalue weighted by molar-refractivity contribution is 0.324. The Morgan fingerprint density at radius 3 is 2.25 bits per heavy atom. The molecule has 0 atom stereocenters. The van der Waals surface area contributed by atoms with Crippen molar-refractivity contribution in [1.29, 1.82) is 0 Å². The van der Waals surface area contributed by atoms with E-state index in [1.165, 1.54) is 0 Å². The van der Waals surface area contributed by atoms with Crippen molar-refractivity contribution >= 4 is 23.1 Å². The number of methoxy groups -OCH3 is 3. The maximum atomic E-state index is 5.75. The Morgan fingerprint density at radius 1 is 0.821 bits per heavy atom. The quantitative estimate of drug-likeness (QED) is 0.482. The molecule has 0 N–H and O–H groups in total. The monoisotopic (exact) mass is 378 g/mol. The highest BCUT2D eigenvalue weighted by molar-refractivity contribution is 5.81. The normalized spacial score (nSPS) is 11.2. The lowest BCUT2D eigenvalue weighted by Crippen LogP contribution is -1.95. The van der Waals surface area contributed by atoms with Crippen molar-refractivity contribution in [3.8, 4) is 28.9 Å². The summed E-state index contributed by atoms with van der Waals surface area (Å²) in [4.78, 5) is 0. The van der Waals surface area contributed by atoms with E-state index < -0.39 is 0 Å².